The fraction of sp³-hybridized carbons (Fsp3) is 0.227. The number of ether oxygens (including phenoxy) is 1. The normalized spacial score (nSPS) is 14.9. The first-order valence-corrected chi connectivity index (χ1v) is 8.99. The minimum Gasteiger partial charge on any atom is -0.469 e. The Balaban J connectivity index is 1.70. The fourth-order valence-corrected chi connectivity index (χ4v) is 3.25. The summed E-state index contributed by atoms with van der Waals surface area (Å²) < 4.78 is 4.65. The fourth-order valence-electron chi connectivity index (χ4n) is 3.25. The minimum absolute atomic E-state index is 0.115. The predicted molar refractivity (Wildman–Crippen MR) is 106 cm³/mol. The van der Waals surface area contributed by atoms with E-state index < -0.39 is 0 Å². The van der Waals surface area contributed by atoms with Crippen molar-refractivity contribution in [3.8, 4) is 0 Å². The van der Waals surface area contributed by atoms with Crippen LogP contribution in [0.1, 0.15) is 36.1 Å². The molecule has 0 unspecified atom stereocenters. The number of hydrogen-bond acceptors (Lipinski definition) is 4. The Labute approximate surface area is 163 Å². The molecule has 6 nitrogen and oxygen atoms in total. The molecule has 1 aliphatic heterocycles. The van der Waals surface area contributed by atoms with E-state index in [1.165, 1.54) is 14.0 Å². The molecule has 2 aromatic carbocycles. The average molecular weight is 378 g/mol. The topological polar surface area (TPSA) is 75.7 Å². The van der Waals surface area contributed by atoms with Crippen LogP contribution < -0.4 is 5.32 Å². The molecule has 0 spiro atoms. The number of hydrogen-bond donors (Lipinski definition) is 1. The van der Waals surface area contributed by atoms with Crippen LogP contribution >= 0.6 is 0 Å². The second kappa shape index (κ2) is 8.52. The highest BCUT2D eigenvalue weighted by molar-refractivity contribution is 5.92. The molecule has 0 aromatic heterocycles. The highest BCUT2D eigenvalue weighted by Crippen LogP contribution is 2.33. The molecule has 0 bridgehead atoms. The smallest absolute Gasteiger partial charge is 0.309 e. The minimum atomic E-state index is -0.350. The standard InChI is InChI=1S/C22H22N2O4/c1-15(25)24-12-11-17-5-3-4-6-19(17)20(24)14-21(26)23-18-9-7-16(8-10-18)13-22(27)28-2/h3-12,20H,13-14H2,1-2H3,(H,23,26)/t20-/m1/s1. The van der Waals surface area contributed by atoms with E-state index in [1.54, 1.807) is 35.4 Å². The molecule has 1 N–H and O–H groups in total. The summed E-state index contributed by atoms with van der Waals surface area (Å²) in [4.78, 5) is 37.5. The van der Waals surface area contributed by atoms with E-state index >= 15 is 0 Å². The lowest BCUT2D eigenvalue weighted by atomic mass is 9.93. The van der Waals surface area contributed by atoms with Crippen LogP contribution in [0.25, 0.3) is 6.08 Å². The second-order valence-corrected chi connectivity index (χ2v) is 6.59. The maximum atomic E-state index is 12.6. The zero-order valence-corrected chi connectivity index (χ0v) is 15.8. The molecule has 1 atom stereocenters. The first kappa shape index (κ1) is 19.4. The lowest BCUT2D eigenvalue weighted by Crippen LogP contribution is -2.33. The van der Waals surface area contributed by atoms with Gasteiger partial charge in [-0.2, -0.15) is 0 Å². The summed E-state index contributed by atoms with van der Waals surface area (Å²) in [6.07, 6.45) is 3.93. The molecular weight excluding hydrogens is 356 g/mol. The van der Waals surface area contributed by atoms with Gasteiger partial charge >= 0.3 is 5.97 Å². The number of fused-ring (bicyclic) bond motifs is 1. The SMILES string of the molecule is COC(=O)Cc1ccc(NC(=O)C[C@@H]2c3ccccc3C=CN2C(C)=O)cc1. The molecule has 0 fully saturated rings. The second-order valence-electron chi connectivity index (χ2n) is 6.59. The molecular formula is C22H22N2O4. The van der Waals surface area contributed by atoms with Crippen molar-refractivity contribution in [1.82, 2.24) is 4.90 Å². The van der Waals surface area contributed by atoms with E-state index in [-0.39, 0.29) is 36.7 Å². The van der Waals surface area contributed by atoms with Crippen molar-refractivity contribution in [1.29, 1.82) is 0 Å². The first-order chi connectivity index (χ1) is 13.5. The van der Waals surface area contributed by atoms with Gasteiger partial charge in [0.05, 0.1) is 26.0 Å². The molecule has 0 saturated heterocycles. The van der Waals surface area contributed by atoms with Gasteiger partial charge in [-0.25, -0.2) is 0 Å². The number of esters is 1. The van der Waals surface area contributed by atoms with Gasteiger partial charge in [-0.15, -0.1) is 0 Å². The molecule has 28 heavy (non-hydrogen) atoms. The molecule has 0 radical (unpaired) electrons. The summed E-state index contributed by atoms with van der Waals surface area (Å²) in [7, 11) is 1.35. The van der Waals surface area contributed by atoms with Gasteiger partial charge in [0.2, 0.25) is 11.8 Å². The van der Waals surface area contributed by atoms with Gasteiger partial charge in [-0.05, 0) is 34.9 Å². The van der Waals surface area contributed by atoms with E-state index in [9.17, 15) is 14.4 Å². The molecule has 3 rings (SSSR count). The molecule has 6 heteroatoms. The van der Waals surface area contributed by atoms with Crippen molar-refractivity contribution in [3.05, 3.63) is 71.4 Å². The van der Waals surface area contributed by atoms with Crippen LogP contribution in [0.2, 0.25) is 0 Å². The van der Waals surface area contributed by atoms with Crippen molar-refractivity contribution in [2.75, 3.05) is 12.4 Å². The number of methoxy groups -OCH3 is 1. The Morgan fingerprint density at radius 3 is 2.46 bits per heavy atom. The first-order valence-electron chi connectivity index (χ1n) is 8.99. The summed E-state index contributed by atoms with van der Waals surface area (Å²) in [6.45, 7) is 1.49. The van der Waals surface area contributed by atoms with E-state index in [0.717, 1.165) is 16.7 Å². The van der Waals surface area contributed by atoms with Crippen LogP contribution in [0, 0.1) is 0 Å². The number of nitrogens with one attached hydrogen (secondary N) is 1. The third-order valence-electron chi connectivity index (χ3n) is 4.66. The molecule has 1 heterocycles. The van der Waals surface area contributed by atoms with Crippen LogP contribution in [0.15, 0.2) is 54.7 Å². The number of anilines is 1. The summed E-state index contributed by atoms with van der Waals surface area (Å²) in [6, 6.07) is 14.4. The monoisotopic (exact) mass is 378 g/mol. The maximum Gasteiger partial charge on any atom is 0.309 e. The number of carbonyl (C=O) groups is 3. The van der Waals surface area contributed by atoms with Gasteiger partial charge in [-0.1, -0.05) is 36.4 Å². The van der Waals surface area contributed by atoms with Crippen LogP contribution in [-0.4, -0.2) is 29.8 Å². The number of rotatable bonds is 5. The lowest BCUT2D eigenvalue weighted by molar-refractivity contribution is -0.139. The Morgan fingerprint density at radius 1 is 1.07 bits per heavy atom. The number of amides is 2. The molecule has 2 aromatic rings. The summed E-state index contributed by atoms with van der Waals surface area (Å²) in [5.41, 5.74) is 3.39. The molecule has 1 aliphatic rings. The Morgan fingerprint density at radius 2 is 1.79 bits per heavy atom. The highest BCUT2D eigenvalue weighted by Gasteiger charge is 2.28. The summed E-state index contributed by atoms with van der Waals surface area (Å²) >= 11 is 0. The van der Waals surface area contributed by atoms with E-state index in [1.807, 2.05) is 30.3 Å². The van der Waals surface area contributed by atoms with Gasteiger partial charge in [0.25, 0.3) is 0 Å². The van der Waals surface area contributed by atoms with Crippen LogP contribution in [0.5, 0.6) is 0 Å². The lowest BCUT2D eigenvalue weighted by Gasteiger charge is -2.32. The van der Waals surface area contributed by atoms with Crippen molar-refractivity contribution in [3.63, 3.8) is 0 Å². The zero-order valence-electron chi connectivity index (χ0n) is 15.8. The molecule has 2 amide bonds. The van der Waals surface area contributed by atoms with E-state index in [0.29, 0.717) is 5.69 Å². The largest absolute Gasteiger partial charge is 0.469 e. The van der Waals surface area contributed by atoms with Gasteiger partial charge < -0.3 is 15.0 Å². The number of carbonyl (C=O) groups excluding carboxylic acids is 3. The van der Waals surface area contributed by atoms with E-state index in [2.05, 4.69) is 10.1 Å². The van der Waals surface area contributed by atoms with E-state index in [4.69, 9.17) is 0 Å². The zero-order chi connectivity index (χ0) is 20.1. The third-order valence-corrected chi connectivity index (χ3v) is 4.66. The van der Waals surface area contributed by atoms with Crippen LogP contribution in [-0.2, 0) is 25.5 Å². The molecule has 0 aliphatic carbocycles. The maximum absolute atomic E-state index is 12.6. The van der Waals surface area contributed by atoms with Crippen LogP contribution in [0.3, 0.4) is 0 Å². The van der Waals surface area contributed by atoms with Crippen LogP contribution in [0.4, 0.5) is 5.69 Å². The third kappa shape index (κ3) is 4.46. The number of benzene rings is 2. The Hall–Kier alpha value is -3.41. The summed E-state index contributed by atoms with van der Waals surface area (Å²) in [5, 5.41) is 2.86. The molecule has 144 valence electrons. The van der Waals surface area contributed by atoms with Crippen molar-refractivity contribution in [2.45, 2.75) is 25.8 Å². The Bertz CT molecular complexity index is 918. The predicted octanol–water partition coefficient (Wildman–Crippen LogP) is 3.30. The van der Waals surface area contributed by atoms with Gasteiger partial charge in [-0.3, -0.25) is 14.4 Å². The molecule has 0 saturated carbocycles. The number of nitrogens with zero attached hydrogens (tertiary/aromatic N) is 1. The highest BCUT2D eigenvalue weighted by atomic mass is 16.5. The quantitative estimate of drug-likeness (QED) is 0.810. The van der Waals surface area contributed by atoms with Gasteiger partial charge in [0.15, 0.2) is 0 Å². The van der Waals surface area contributed by atoms with Crippen molar-refractivity contribution >= 4 is 29.5 Å². The average Bonchev–Trinajstić information content (AvgIpc) is 2.69. The van der Waals surface area contributed by atoms with Gasteiger partial charge in [0.1, 0.15) is 0 Å². The Kier molecular flexibility index (Phi) is 5.89. The van der Waals surface area contributed by atoms with Crippen molar-refractivity contribution in [2.24, 2.45) is 0 Å². The summed E-state index contributed by atoms with van der Waals surface area (Å²) in [5.74, 6) is -0.622. The van der Waals surface area contributed by atoms with Crippen molar-refractivity contribution < 1.29 is 19.1 Å². The van der Waals surface area contributed by atoms with Gasteiger partial charge in [0, 0.05) is 18.8 Å².